The van der Waals surface area contributed by atoms with Crippen LogP contribution in [0.25, 0.3) is 88.0 Å². The maximum Gasteiger partial charge on any atom is 0.0159 e. The molecule has 0 saturated heterocycles. The molecule has 2 aliphatic carbocycles. The number of hydrogen-bond acceptors (Lipinski definition) is 0. The molecule has 0 radical (unpaired) electrons. The first-order valence-electron chi connectivity index (χ1n) is 19.3. The van der Waals surface area contributed by atoms with E-state index in [1.807, 2.05) is 0 Å². The van der Waals surface area contributed by atoms with E-state index in [1.54, 1.807) is 0 Å². The van der Waals surface area contributed by atoms with Crippen LogP contribution in [0.3, 0.4) is 0 Å². The maximum atomic E-state index is 2.50. The highest BCUT2D eigenvalue weighted by molar-refractivity contribution is 6.23. The van der Waals surface area contributed by atoms with E-state index in [0.717, 1.165) is 0 Å². The fourth-order valence-electron chi connectivity index (χ4n) is 10.1. The largest absolute Gasteiger partial charge is 0.0619 e. The molecule has 54 heavy (non-hydrogen) atoms. The Morgan fingerprint density at radius 3 is 1.26 bits per heavy atom. The van der Waals surface area contributed by atoms with Gasteiger partial charge in [-0.15, -0.1) is 0 Å². The molecule has 0 atom stereocenters. The fourth-order valence-corrected chi connectivity index (χ4v) is 10.1. The van der Waals surface area contributed by atoms with E-state index < -0.39 is 0 Å². The molecular formula is C54H40. The summed E-state index contributed by atoms with van der Waals surface area (Å²) < 4.78 is 0. The Kier molecular flexibility index (Phi) is 6.46. The van der Waals surface area contributed by atoms with Gasteiger partial charge in [-0.05, 0) is 128 Å². The molecule has 0 nitrogen and oxygen atoms in total. The predicted octanol–water partition coefficient (Wildman–Crippen LogP) is 14.8. The molecule has 0 heterocycles. The van der Waals surface area contributed by atoms with Crippen molar-refractivity contribution in [1.82, 2.24) is 0 Å². The zero-order chi connectivity index (χ0) is 36.3. The third-order valence-corrected chi connectivity index (χ3v) is 12.9. The van der Waals surface area contributed by atoms with Crippen molar-refractivity contribution in [3.63, 3.8) is 0 Å². The summed E-state index contributed by atoms with van der Waals surface area (Å²) in [4.78, 5) is 0. The van der Waals surface area contributed by atoms with Gasteiger partial charge >= 0.3 is 0 Å². The molecule has 0 saturated carbocycles. The molecule has 2 aliphatic rings. The van der Waals surface area contributed by atoms with E-state index >= 15 is 0 Å². The molecule has 0 unspecified atom stereocenters. The van der Waals surface area contributed by atoms with Crippen molar-refractivity contribution in [3.8, 4) is 55.6 Å². The lowest BCUT2D eigenvalue weighted by Crippen LogP contribution is -2.15. The van der Waals surface area contributed by atoms with Gasteiger partial charge in [0, 0.05) is 10.8 Å². The summed E-state index contributed by atoms with van der Waals surface area (Å²) >= 11 is 0. The third-order valence-electron chi connectivity index (χ3n) is 12.9. The minimum Gasteiger partial charge on any atom is -0.0619 e. The van der Waals surface area contributed by atoms with Gasteiger partial charge in [0.1, 0.15) is 0 Å². The maximum absolute atomic E-state index is 2.50. The molecule has 0 aliphatic heterocycles. The molecule has 9 aromatic rings. The molecule has 0 fully saturated rings. The van der Waals surface area contributed by atoms with Gasteiger partial charge in [-0.3, -0.25) is 0 Å². The standard InChI is InChI=1S/C54H40/c1-53(2)47-23-12-11-17-38(47)39-27-24-34(30-48(39)53)35-25-28-40-41-29-26-36(32-50(41)54(3,4)49(40)31-35)51-43-18-7-9-20-45(43)52(46-21-10-8-19-44(46)51)42-22-13-15-33-14-5-6-16-37(33)42/h5-32H,1-4H3. The minimum absolute atomic E-state index is 0.0218. The van der Waals surface area contributed by atoms with E-state index in [1.165, 1.54) is 110 Å². The normalized spacial score (nSPS) is 14.6. The van der Waals surface area contributed by atoms with Gasteiger partial charge in [0.05, 0.1) is 0 Å². The first kappa shape index (κ1) is 31.3. The highest BCUT2D eigenvalue weighted by Crippen LogP contribution is 2.54. The Morgan fingerprint density at radius 1 is 0.278 bits per heavy atom. The molecule has 0 heteroatoms. The van der Waals surface area contributed by atoms with E-state index in [2.05, 4.69) is 198 Å². The quantitative estimate of drug-likeness (QED) is 0.162. The minimum atomic E-state index is -0.155. The van der Waals surface area contributed by atoms with Crippen molar-refractivity contribution < 1.29 is 0 Å². The van der Waals surface area contributed by atoms with Crippen molar-refractivity contribution in [1.29, 1.82) is 0 Å². The second kappa shape index (κ2) is 11.1. The van der Waals surface area contributed by atoms with Crippen LogP contribution in [-0.2, 0) is 10.8 Å². The molecule has 256 valence electrons. The van der Waals surface area contributed by atoms with Crippen molar-refractivity contribution in [3.05, 3.63) is 192 Å². The summed E-state index contributed by atoms with van der Waals surface area (Å²) in [7, 11) is 0. The Morgan fingerprint density at radius 2 is 0.667 bits per heavy atom. The van der Waals surface area contributed by atoms with Crippen LogP contribution >= 0.6 is 0 Å². The molecule has 0 spiro atoms. The van der Waals surface area contributed by atoms with Gasteiger partial charge in [0.2, 0.25) is 0 Å². The molecule has 9 aromatic carbocycles. The van der Waals surface area contributed by atoms with Crippen LogP contribution in [0.2, 0.25) is 0 Å². The Hall–Kier alpha value is -6.24. The van der Waals surface area contributed by atoms with Crippen molar-refractivity contribution in [2.45, 2.75) is 38.5 Å². The van der Waals surface area contributed by atoms with Crippen LogP contribution in [0.15, 0.2) is 170 Å². The topological polar surface area (TPSA) is 0 Å². The van der Waals surface area contributed by atoms with Crippen molar-refractivity contribution in [2.24, 2.45) is 0 Å². The summed E-state index contributed by atoms with van der Waals surface area (Å²) in [6.45, 7) is 9.55. The zero-order valence-corrected chi connectivity index (χ0v) is 31.2. The van der Waals surface area contributed by atoms with Crippen LogP contribution in [0.5, 0.6) is 0 Å². The average molecular weight is 689 g/mol. The lowest BCUT2D eigenvalue weighted by molar-refractivity contribution is 0.659. The molecule has 0 amide bonds. The smallest absolute Gasteiger partial charge is 0.0159 e. The average Bonchev–Trinajstić information content (AvgIpc) is 3.58. The van der Waals surface area contributed by atoms with Crippen LogP contribution < -0.4 is 0 Å². The van der Waals surface area contributed by atoms with Crippen LogP contribution in [0.4, 0.5) is 0 Å². The van der Waals surface area contributed by atoms with E-state index in [4.69, 9.17) is 0 Å². The van der Waals surface area contributed by atoms with Gasteiger partial charge in [0.25, 0.3) is 0 Å². The number of fused-ring (bicyclic) bond motifs is 9. The lowest BCUT2D eigenvalue weighted by atomic mass is 9.79. The SMILES string of the molecule is CC1(C)c2ccccc2-c2ccc(-c3ccc4c(c3)C(C)(C)c3cc(-c5c6ccccc6c(-c6cccc7ccccc67)c6ccccc56)ccc3-4)cc21. The molecule has 0 aromatic heterocycles. The van der Waals surface area contributed by atoms with Gasteiger partial charge < -0.3 is 0 Å². The zero-order valence-electron chi connectivity index (χ0n) is 31.2. The van der Waals surface area contributed by atoms with Crippen LogP contribution in [0, 0.1) is 0 Å². The summed E-state index contributed by atoms with van der Waals surface area (Å²) in [5.41, 5.74) is 18.6. The fraction of sp³-hybridized carbons (Fsp3) is 0.111. The first-order chi connectivity index (χ1) is 26.3. The summed E-state index contributed by atoms with van der Waals surface area (Å²) in [5.74, 6) is 0. The number of benzene rings is 9. The summed E-state index contributed by atoms with van der Waals surface area (Å²) in [6, 6.07) is 64.0. The molecule has 0 bridgehead atoms. The second-order valence-electron chi connectivity index (χ2n) is 16.4. The Bertz CT molecular complexity index is 2980. The molecule has 11 rings (SSSR count). The monoisotopic (exact) mass is 688 g/mol. The molecule has 0 N–H and O–H groups in total. The highest BCUT2D eigenvalue weighted by Gasteiger charge is 2.37. The van der Waals surface area contributed by atoms with Gasteiger partial charge in [-0.1, -0.05) is 179 Å². The molecular weight excluding hydrogens is 649 g/mol. The summed E-state index contributed by atoms with van der Waals surface area (Å²) in [6.07, 6.45) is 0. The van der Waals surface area contributed by atoms with Crippen LogP contribution in [-0.4, -0.2) is 0 Å². The van der Waals surface area contributed by atoms with E-state index in [-0.39, 0.29) is 10.8 Å². The third kappa shape index (κ3) is 4.26. The van der Waals surface area contributed by atoms with E-state index in [9.17, 15) is 0 Å². The van der Waals surface area contributed by atoms with Gasteiger partial charge in [-0.2, -0.15) is 0 Å². The van der Waals surface area contributed by atoms with Crippen LogP contribution in [0.1, 0.15) is 49.9 Å². The lowest BCUT2D eigenvalue weighted by Gasteiger charge is -2.24. The number of hydrogen-bond donors (Lipinski definition) is 0. The Labute approximate surface area is 317 Å². The second-order valence-corrected chi connectivity index (χ2v) is 16.4. The van der Waals surface area contributed by atoms with Gasteiger partial charge in [-0.25, -0.2) is 0 Å². The Balaban J connectivity index is 1.06. The first-order valence-corrected chi connectivity index (χ1v) is 19.3. The highest BCUT2D eigenvalue weighted by atomic mass is 14.4. The number of rotatable bonds is 3. The summed E-state index contributed by atoms with van der Waals surface area (Å²) in [5, 5.41) is 7.70. The van der Waals surface area contributed by atoms with Gasteiger partial charge in [0.15, 0.2) is 0 Å². The van der Waals surface area contributed by atoms with Crippen molar-refractivity contribution >= 4 is 32.3 Å². The van der Waals surface area contributed by atoms with E-state index in [0.29, 0.717) is 0 Å². The van der Waals surface area contributed by atoms with Crippen molar-refractivity contribution in [2.75, 3.05) is 0 Å². The predicted molar refractivity (Wildman–Crippen MR) is 230 cm³/mol.